The Balaban J connectivity index is -0.0000000322. The Labute approximate surface area is 98.8 Å². The van der Waals surface area contributed by atoms with Gasteiger partial charge in [0.1, 0.15) is 0 Å². The first-order valence-corrected chi connectivity index (χ1v) is 6.17. The summed E-state index contributed by atoms with van der Waals surface area (Å²) < 4.78 is 54.5. The molecule has 0 bridgehead atoms. The van der Waals surface area contributed by atoms with Gasteiger partial charge in [0.05, 0.1) is 26.3 Å². The molecule has 2 radical (unpaired) electrons. The monoisotopic (exact) mass is 313 g/mol. The molecule has 11 heteroatoms. The van der Waals surface area contributed by atoms with Crippen LogP contribution < -0.4 is 0 Å². The third kappa shape index (κ3) is 32900. The maximum atomic E-state index is 9.08. The standard InChI is InChI=1S/C2H3N.2CH4O3S.Cu.F/c1-2-3;2*1-5(2,3)4;;/h1H3;2*1H3,(H,2,3,4);;/q;;;+2;/p-2. The van der Waals surface area contributed by atoms with Gasteiger partial charge in [-0.1, -0.05) is 0 Å². The quantitative estimate of drug-likeness (QED) is 0.424. The van der Waals surface area contributed by atoms with Crippen LogP contribution in [0.15, 0.2) is 0 Å². The van der Waals surface area contributed by atoms with Gasteiger partial charge >= 0.3 is 17.1 Å². The predicted octanol–water partition coefficient (Wildman–Crippen LogP) is -0.730. The summed E-state index contributed by atoms with van der Waals surface area (Å²) in [7, 11) is -7.83. The summed E-state index contributed by atoms with van der Waals surface area (Å²) in [5.41, 5.74) is 0. The van der Waals surface area contributed by atoms with E-state index in [1.54, 1.807) is 6.07 Å². The van der Waals surface area contributed by atoms with Gasteiger partial charge in [0.25, 0.3) is 0 Å². The van der Waals surface area contributed by atoms with Crippen molar-refractivity contribution in [3.8, 4) is 6.07 Å². The van der Waals surface area contributed by atoms with E-state index >= 15 is 0 Å². The van der Waals surface area contributed by atoms with Gasteiger partial charge in [0.15, 0.2) is 0 Å². The number of nitriles is 1. The fraction of sp³-hybridized carbons (Fsp3) is 0.750. The zero-order valence-electron chi connectivity index (χ0n) is 7.89. The van der Waals surface area contributed by atoms with Crippen molar-refractivity contribution < 1.29 is 47.7 Å². The van der Waals surface area contributed by atoms with Crippen molar-refractivity contribution in [1.29, 1.82) is 5.26 Å². The largest absolute Gasteiger partial charge is 2.00 e. The molecule has 0 atom stereocenters. The molecular formula is C4H9CuFNO6S2. The molecule has 0 heterocycles. The summed E-state index contributed by atoms with van der Waals surface area (Å²) in [6.45, 7) is 1.43. The molecule has 0 aliphatic rings. The first-order chi connectivity index (χ1) is 5.41. The Kier molecular flexibility index (Phi) is 26.9. The SMILES string of the molecule is CC#N.CS(=O)(=O)[O-].CS(=O)(=O)[O-].[Cu+2].[F]. The van der Waals surface area contributed by atoms with Crippen LogP contribution in [0, 0.1) is 11.3 Å². The van der Waals surface area contributed by atoms with Crippen LogP contribution in [-0.2, 0) is 37.3 Å². The molecule has 15 heavy (non-hydrogen) atoms. The maximum Gasteiger partial charge on any atom is 2.00 e. The number of hydrogen-bond donors (Lipinski definition) is 0. The minimum Gasteiger partial charge on any atom is -0.748 e. The van der Waals surface area contributed by atoms with E-state index in [0.717, 1.165) is 0 Å². The Morgan fingerprint density at radius 1 is 1.00 bits per heavy atom. The molecule has 0 fully saturated rings. The normalized spacial score (nSPS) is 8.27. The van der Waals surface area contributed by atoms with Crippen molar-refractivity contribution in [3.63, 3.8) is 0 Å². The zero-order valence-corrected chi connectivity index (χ0v) is 10.5. The van der Waals surface area contributed by atoms with Crippen LogP contribution in [0.4, 0.5) is 4.70 Å². The van der Waals surface area contributed by atoms with E-state index < -0.39 is 20.2 Å². The van der Waals surface area contributed by atoms with Crippen LogP contribution in [0.1, 0.15) is 6.92 Å². The second-order valence-electron chi connectivity index (χ2n) is 1.63. The maximum absolute atomic E-state index is 9.08. The molecule has 0 amide bonds. The molecule has 96 valence electrons. The number of rotatable bonds is 0. The summed E-state index contributed by atoms with van der Waals surface area (Å²) in [6, 6.07) is 1.75. The van der Waals surface area contributed by atoms with Crippen LogP contribution in [0.2, 0.25) is 0 Å². The summed E-state index contributed by atoms with van der Waals surface area (Å²) in [6.07, 6.45) is 1.21. The molecule has 0 saturated carbocycles. The van der Waals surface area contributed by atoms with Gasteiger partial charge < -0.3 is 9.11 Å². The van der Waals surface area contributed by atoms with Crippen molar-refractivity contribution in [2.75, 3.05) is 12.5 Å². The molecule has 0 aliphatic carbocycles. The summed E-state index contributed by atoms with van der Waals surface area (Å²) in [4.78, 5) is 0. The van der Waals surface area contributed by atoms with Gasteiger partial charge in [-0.3, -0.25) is 0 Å². The molecule has 0 N–H and O–H groups in total. The van der Waals surface area contributed by atoms with Gasteiger partial charge in [-0.2, -0.15) is 5.26 Å². The molecule has 0 aromatic rings. The summed E-state index contributed by atoms with van der Waals surface area (Å²) >= 11 is 0. The van der Waals surface area contributed by atoms with Crippen molar-refractivity contribution >= 4 is 20.2 Å². The molecular weight excluding hydrogens is 305 g/mol. The molecule has 0 aromatic heterocycles. The van der Waals surface area contributed by atoms with Crippen LogP contribution in [0.25, 0.3) is 0 Å². The van der Waals surface area contributed by atoms with Gasteiger partial charge in [-0.25, -0.2) is 16.8 Å². The van der Waals surface area contributed by atoms with Gasteiger partial charge in [0, 0.05) is 24.1 Å². The predicted molar refractivity (Wildman–Crippen MR) is 43.6 cm³/mol. The molecule has 0 spiro atoms. The Hall–Kier alpha value is -0.241. The fourth-order valence-corrected chi connectivity index (χ4v) is 0. The molecule has 0 unspecified atom stereocenters. The molecule has 7 nitrogen and oxygen atoms in total. The van der Waals surface area contributed by atoms with Crippen molar-refractivity contribution in [1.82, 2.24) is 0 Å². The first kappa shape index (κ1) is 29.3. The van der Waals surface area contributed by atoms with Crippen molar-refractivity contribution in [2.24, 2.45) is 0 Å². The van der Waals surface area contributed by atoms with Crippen molar-refractivity contribution in [2.45, 2.75) is 6.92 Å². The average molecular weight is 314 g/mol. The Morgan fingerprint density at radius 3 is 1.00 bits per heavy atom. The third-order valence-electron chi connectivity index (χ3n) is 0. The van der Waals surface area contributed by atoms with Crippen LogP contribution >= 0.6 is 0 Å². The third-order valence-corrected chi connectivity index (χ3v) is 0. The van der Waals surface area contributed by atoms with E-state index in [1.807, 2.05) is 0 Å². The summed E-state index contributed by atoms with van der Waals surface area (Å²) in [5, 5.41) is 7.32. The van der Waals surface area contributed by atoms with Crippen LogP contribution in [-0.4, -0.2) is 38.5 Å². The zero-order chi connectivity index (χ0) is 11.7. The van der Waals surface area contributed by atoms with Gasteiger partial charge in [0.2, 0.25) is 0 Å². The minimum atomic E-state index is -3.92. The Bertz CT molecular complexity index is 298. The second kappa shape index (κ2) is 13.8. The number of nitrogens with zero attached hydrogens (tertiary/aromatic N) is 1. The van der Waals surface area contributed by atoms with Gasteiger partial charge in [-0.05, 0) is 0 Å². The second-order valence-corrected chi connectivity index (χ2v) is 4.45. The molecule has 0 saturated heterocycles. The van der Waals surface area contributed by atoms with E-state index in [4.69, 9.17) is 31.2 Å². The van der Waals surface area contributed by atoms with Crippen LogP contribution in [0.3, 0.4) is 0 Å². The molecule has 0 aliphatic heterocycles. The first-order valence-electron chi connectivity index (χ1n) is 2.54. The Morgan fingerprint density at radius 2 is 1.00 bits per heavy atom. The van der Waals surface area contributed by atoms with Crippen molar-refractivity contribution in [3.05, 3.63) is 0 Å². The van der Waals surface area contributed by atoms with E-state index in [-0.39, 0.29) is 21.8 Å². The van der Waals surface area contributed by atoms with Gasteiger partial charge in [-0.15, -0.1) is 0 Å². The summed E-state index contributed by atoms with van der Waals surface area (Å²) in [5.74, 6) is 0. The van der Waals surface area contributed by atoms with E-state index in [0.29, 0.717) is 12.5 Å². The molecule has 0 aromatic carbocycles. The fourth-order valence-electron chi connectivity index (χ4n) is 0. The van der Waals surface area contributed by atoms with Crippen LogP contribution in [0.5, 0.6) is 0 Å². The average Bonchev–Trinajstić information content (AvgIpc) is 1.52. The molecule has 0 rings (SSSR count). The topological polar surface area (TPSA) is 138 Å². The van der Waals surface area contributed by atoms with E-state index in [1.165, 1.54) is 6.92 Å². The minimum absolute atomic E-state index is 0. The van der Waals surface area contributed by atoms with E-state index in [9.17, 15) is 0 Å². The number of halogens is 1. The smallest absolute Gasteiger partial charge is 0.748 e. The number of hydrogen-bond acceptors (Lipinski definition) is 7. The van der Waals surface area contributed by atoms with E-state index in [2.05, 4.69) is 0 Å².